The van der Waals surface area contributed by atoms with Gasteiger partial charge in [0.1, 0.15) is 0 Å². The first-order valence-corrected chi connectivity index (χ1v) is 5.33. The third-order valence-corrected chi connectivity index (χ3v) is 2.85. The Balaban J connectivity index is 2.57. The van der Waals surface area contributed by atoms with E-state index < -0.39 is 5.97 Å². The molecule has 5 nitrogen and oxygen atoms in total. The number of aromatic nitrogens is 3. The fourth-order valence-corrected chi connectivity index (χ4v) is 1.63. The minimum atomic E-state index is -0.640. The van der Waals surface area contributed by atoms with Gasteiger partial charge in [0.15, 0.2) is 5.69 Å². The van der Waals surface area contributed by atoms with Crippen LogP contribution < -0.4 is 0 Å². The molecule has 1 N–H and O–H groups in total. The molecule has 0 amide bonds. The molecule has 0 saturated heterocycles. The maximum absolute atomic E-state index is 11.5. The lowest BCUT2D eigenvalue weighted by Gasteiger charge is -2.05. The summed E-state index contributed by atoms with van der Waals surface area (Å²) >= 11 is 11.8. The molecule has 2 aromatic heterocycles. The largest absolute Gasteiger partial charge is 0.464 e. The van der Waals surface area contributed by atoms with Gasteiger partial charge in [-0.3, -0.25) is 5.10 Å². The van der Waals surface area contributed by atoms with Gasteiger partial charge in [0.2, 0.25) is 0 Å². The number of nitrogens with one attached hydrogen (secondary N) is 1. The van der Waals surface area contributed by atoms with Crippen LogP contribution in [0.4, 0.5) is 0 Å². The maximum Gasteiger partial charge on any atom is 0.358 e. The van der Waals surface area contributed by atoms with Crippen molar-refractivity contribution in [3.8, 4) is 11.4 Å². The second-order valence-corrected chi connectivity index (χ2v) is 3.90. The lowest BCUT2D eigenvalue weighted by atomic mass is 10.2. The summed E-state index contributed by atoms with van der Waals surface area (Å²) < 4.78 is 4.57. The highest BCUT2D eigenvalue weighted by Crippen LogP contribution is 2.29. The average Bonchev–Trinajstić information content (AvgIpc) is 2.85. The van der Waals surface area contributed by atoms with Crippen molar-refractivity contribution in [2.75, 3.05) is 7.11 Å². The highest BCUT2D eigenvalue weighted by molar-refractivity contribution is 6.43. The van der Waals surface area contributed by atoms with Crippen molar-refractivity contribution in [3.63, 3.8) is 0 Å². The minimum absolute atomic E-state index is 0.0220. The van der Waals surface area contributed by atoms with Crippen LogP contribution in [0.3, 0.4) is 0 Å². The van der Waals surface area contributed by atoms with E-state index in [1.165, 1.54) is 7.11 Å². The second kappa shape index (κ2) is 4.73. The zero-order chi connectivity index (χ0) is 12.4. The summed E-state index contributed by atoms with van der Waals surface area (Å²) in [4.78, 5) is 15.5. The van der Waals surface area contributed by atoms with Gasteiger partial charge in [-0.1, -0.05) is 23.2 Å². The fourth-order valence-electron chi connectivity index (χ4n) is 1.27. The number of esters is 1. The smallest absolute Gasteiger partial charge is 0.358 e. The zero-order valence-electron chi connectivity index (χ0n) is 8.70. The summed E-state index contributed by atoms with van der Waals surface area (Å²) in [7, 11) is 1.25. The molecule has 0 unspecified atom stereocenters. The van der Waals surface area contributed by atoms with Gasteiger partial charge in [-0.05, 0) is 12.1 Å². The molecule has 2 aromatic rings. The molecular formula is C10H7Cl2N3O2. The number of pyridine rings is 1. The SMILES string of the molecule is COC(=O)c1nc(-c2ccn[nH]2)cc(Cl)c1Cl. The number of carbonyl (C=O) groups excluding carboxylic acids is 1. The van der Waals surface area contributed by atoms with Gasteiger partial charge in [0.05, 0.1) is 28.5 Å². The Bertz CT molecular complexity index is 555. The number of halogens is 2. The first-order valence-electron chi connectivity index (χ1n) is 4.57. The summed E-state index contributed by atoms with van der Waals surface area (Å²) in [6.45, 7) is 0. The van der Waals surface area contributed by atoms with Gasteiger partial charge >= 0.3 is 5.97 Å². The zero-order valence-corrected chi connectivity index (χ0v) is 10.2. The van der Waals surface area contributed by atoms with Crippen molar-refractivity contribution in [2.24, 2.45) is 0 Å². The van der Waals surface area contributed by atoms with Crippen LogP contribution in [-0.2, 0) is 4.74 Å². The van der Waals surface area contributed by atoms with E-state index in [9.17, 15) is 4.79 Å². The van der Waals surface area contributed by atoms with E-state index in [-0.39, 0.29) is 15.7 Å². The third-order valence-electron chi connectivity index (χ3n) is 2.07. The number of ether oxygens (including phenoxy) is 1. The number of rotatable bonds is 2. The number of nitrogens with zero attached hydrogens (tertiary/aromatic N) is 2. The van der Waals surface area contributed by atoms with Gasteiger partial charge in [-0.2, -0.15) is 5.10 Å². The second-order valence-electron chi connectivity index (χ2n) is 3.11. The van der Waals surface area contributed by atoms with Crippen LogP contribution in [0.1, 0.15) is 10.5 Å². The van der Waals surface area contributed by atoms with E-state index in [1.807, 2.05) is 0 Å². The van der Waals surface area contributed by atoms with Crippen LogP contribution in [0.25, 0.3) is 11.4 Å². The molecule has 0 fully saturated rings. The van der Waals surface area contributed by atoms with Crippen LogP contribution in [0.15, 0.2) is 18.3 Å². The fraction of sp³-hybridized carbons (Fsp3) is 0.100. The van der Waals surface area contributed by atoms with Gasteiger partial charge in [-0.25, -0.2) is 9.78 Å². The predicted octanol–water partition coefficient (Wildman–Crippen LogP) is 2.57. The Hall–Kier alpha value is -1.59. The normalized spacial score (nSPS) is 10.3. The molecule has 0 aliphatic carbocycles. The van der Waals surface area contributed by atoms with Crippen LogP contribution >= 0.6 is 23.2 Å². The molecule has 0 aliphatic heterocycles. The molecule has 0 spiro atoms. The topological polar surface area (TPSA) is 67.9 Å². The summed E-state index contributed by atoms with van der Waals surface area (Å²) in [5, 5.41) is 6.81. The van der Waals surface area contributed by atoms with E-state index in [0.29, 0.717) is 11.4 Å². The number of hydrogen-bond acceptors (Lipinski definition) is 4. The Labute approximate surface area is 107 Å². The van der Waals surface area contributed by atoms with Crippen molar-refractivity contribution in [1.29, 1.82) is 0 Å². The van der Waals surface area contributed by atoms with E-state index in [0.717, 1.165) is 0 Å². The van der Waals surface area contributed by atoms with Gasteiger partial charge in [0.25, 0.3) is 0 Å². The first kappa shape index (κ1) is 11.9. The molecular weight excluding hydrogens is 265 g/mol. The first-order chi connectivity index (χ1) is 8.13. The highest BCUT2D eigenvalue weighted by Gasteiger charge is 2.18. The van der Waals surface area contributed by atoms with Crippen LogP contribution in [-0.4, -0.2) is 28.3 Å². The molecule has 0 atom stereocenters. The molecule has 2 heterocycles. The van der Waals surface area contributed by atoms with Crippen molar-refractivity contribution in [1.82, 2.24) is 15.2 Å². The Morgan fingerprint density at radius 2 is 2.24 bits per heavy atom. The molecule has 0 bridgehead atoms. The maximum atomic E-state index is 11.5. The van der Waals surface area contributed by atoms with Crippen LogP contribution in [0, 0.1) is 0 Å². The van der Waals surface area contributed by atoms with E-state index in [1.54, 1.807) is 18.3 Å². The molecule has 2 rings (SSSR count). The number of aromatic amines is 1. The molecule has 0 aromatic carbocycles. The number of hydrogen-bond donors (Lipinski definition) is 1. The predicted molar refractivity (Wildman–Crippen MR) is 63.2 cm³/mol. The molecule has 0 saturated carbocycles. The van der Waals surface area contributed by atoms with E-state index >= 15 is 0 Å². The number of carbonyl (C=O) groups is 1. The molecule has 17 heavy (non-hydrogen) atoms. The van der Waals surface area contributed by atoms with Crippen LogP contribution in [0.2, 0.25) is 10.0 Å². The highest BCUT2D eigenvalue weighted by atomic mass is 35.5. The van der Waals surface area contributed by atoms with E-state index in [4.69, 9.17) is 23.2 Å². The summed E-state index contributed by atoms with van der Waals surface area (Å²) in [5.41, 5.74) is 1.08. The molecule has 7 heteroatoms. The molecule has 88 valence electrons. The standard InChI is InChI=1S/C10H7Cl2N3O2/c1-17-10(16)9-8(12)5(11)4-7(14-9)6-2-3-13-15-6/h2-4H,1H3,(H,13,15). The van der Waals surface area contributed by atoms with Gasteiger partial charge in [0, 0.05) is 6.20 Å². The summed E-state index contributed by atoms with van der Waals surface area (Å²) in [6, 6.07) is 3.25. The summed E-state index contributed by atoms with van der Waals surface area (Å²) in [6.07, 6.45) is 1.57. The van der Waals surface area contributed by atoms with E-state index in [2.05, 4.69) is 19.9 Å². The Morgan fingerprint density at radius 1 is 1.47 bits per heavy atom. The van der Waals surface area contributed by atoms with Crippen molar-refractivity contribution >= 4 is 29.2 Å². The number of methoxy groups -OCH3 is 1. The Morgan fingerprint density at radius 3 is 2.82 bits per heavy atom. The average molecular weight is 272 g/mol. The van der Waals surface area contributed by atoms with Gasteiger partial charge < -0.3 is 4.74 Å². The van der Waals surface area contributed by atoms with Crippen LogP contribution in [0.5, 0.6) is 0 Å². The quantitative estimate of drug-likeness (QED) is 0.853. The lowest BCUT2D eigenvalue weighted by Crippen LogP contribution is -2.06. The Kier molecular flexibility index (Phi) is 3.31. The van der Waals surface area contributed by atoms with Gasteiger partial charge in [-0.15, -0.1) is 0 Å². The third kappa shape index (κ3) is 2.25. The minimum Gasteiger partial charge on any atom is -0.464 e. The van der Waals surface area contributed by atoms with Crippen molar-refractivity contribution in [2.45, 2.75) is 0 Å². The molecule has 0 radical (unpaired) electrons. The van der Waals surface area contributed by atoms with Crippen molar-refractivity contribution in [3.05, 3.63) is 34.1 Å². The lowest BCUT2D eigenvalue weighted by molar-refractivity contribution is 0.0594. The molecule has 0 aliphatic rings. The van der Waals surface area contributed by atoms with Crippen molar-refractivity contribution < 1.29 is 9.53 Å². The monoisotopic (exact) mass is 271 g/mol. The number of H-pyrrole nitrogens is 1. The summed E-state index contributed by atoms with van der Waals surface area (Å²) in [5.74, 6) is -0.640.